The molecule has 1 aliphatic rings. The quantitative estimate of drug-likeness (QED) is 0.256. The van der Waals surface area contributed by atoms with Crippen molar-refractivity contribution in [1.82, 2.24) is 4.98 Å². The van der Waals surface area contributed by atoms with E-state index in [1.807, 2.05) is 67.6 Å². The number of aromatic nitrogens is 1. The number of esters is 1. The number of ketones is 1. The molecule has 212 valence electrons. The Hall–Kier alpha value is -3.75. The van der Waals surface area contributed by atoms with Crippen LogP contribution in [-0.4, -0.2) is 47.3 Å². The van der Waals surface area contributed by atoms with Crippen LogP contribution < -0.4 is 4.74 Å². The lowest BCUT2D eigenvalue weighted by molar-refractivity contribution is -0.176. The molecule has 0 radical (unpaired) electrons. The first-order valence-corrected chi connectivity index (χ1v) is 13.7. The number of Topliss-reactive ketones (excluding diaryl/α,β-unsaturated/α-hetero) is 1. The molecule has 1 aliphatic heterocycles. The third-order valence-electron chi connectivity index (χ3n) is 7.15. The summed E-state index contributed by atoms with van der Waals surface area (Å²) in [6.07, 6.45) is 2.54. The summed E-state index contributed by atoms with van der Waals surface area (Å²) in [5, 5.41) is 10.4. The number of nitrogens with zero attached hydrogens (tertiary/aromatic N) is 1. The lowest BCUT2D eigenvalue weighted by atomic mass is 9.92. The average Bonchev–Trinajstić information content (AvgIpc) is 2.97. The highest BCUT2D eigenvalue weighted by Gasteiger charge is 2.35. The summed E-state index contributed by atoms with van der Waals surface area (Å²) in [6.45, 7) is 2.58. The average molecular weight is 548 g/mol. The molecule has 1 saturated heterocycles. The Bertz CT molecular complexity index is 1230. The lowest BCUT2D eigenvalue weighted by Crippen LogP contribution is -2.43. The summed E-state index contributed by atoms with van der Waals surface area (Å²) in [7, 11) is 1.40. The van der Waals surface area contributed by atoms with Crippen molar-refractivity contribution < 1.29 is 33.6 Å². The molecule has 8 heteroatoms. The maximum Gasteiger partial charge on any atom is 0.309 e. The number of methoxy groups -OCH3 is 1. The van der Waals surface area contributed by atoms with Gasteiger partial charge in [0, 0.05) is 18.7 Å². The fourth-order valence-electron chi connectivity index (χ4n) is 4.94. The predicted octanol–water partition coefficient (Wildman–Crippen LogP) is 5.66. The largest absolute Gasteiger partial charge is 0.503 e. The van der Waals surface area contributed by atoms with Crippen LogP contribution in [0.4, 0.5) is 0 Å². The molecule has 0 spiro atoms. The highest BCUT2D eigenvalue weighted by Crippen LogP contribution is 2.31. The highest BCUT2D eigenvalue weighted by atomic mass is 16.6. The number of rotatable bonds is 10. The van der Waals surface area contributed by atoms with Gasteiger partial charge in [0.1, 0.15) is 12.2 Å². The van der Waals surface area contributed by atoms with Crippen molar-refractivity contribution in [3.63, 3.8) is 0 Å². The number of hydrogen-bond acceptors (Lipinski definition) is 8. The molecule has 0 amide bonds. The van der Waals surface area contributed by atoms with Crippen LogP contribution in [0.3, 0.4) is 0 Å². The van der Waals surface area contributed by atoms with Gasteiger partial charge in [-0.3, -0.25) is 9.59 Å². The number of pyridine rings is 1. The van der Waals surface area contributed by atoms with Crippen LogP contribution in [0.5, 0.6) is 11.5 Å². The summed E-state index contributed by atoms with van der Waals surface area (Å²) in [4.78, 5) is 30.4. The van der Waals surface area contributed by atoms with Crippen LogP contribution >= 0.6 is 0 Å². The molecule has 40 heavy (non-hydrogen) atoms. The molecule has 8 nitrogen and oxygen atoms in total. The van der Waals surface area contributed by atoms with Crippen molar-refractivity contribution in [3.8, 4) is 11.5 Å². The monoisotopic (exact) mass is 547 g/mol. The van der Waals surface area contributed by atoms with Crippen molar-refractivity contribution >= 4 is 11.8 Å². The SMILES string of the molecule is COc1ccnc(C(=O)C[C@H]2CCCC[C@H](OCc3ccccc3)[C@@H](OCc3ccccc3)[C@H](C)OC2=O)c1O. The normalized spacial score (nSPS) is 21.8. The molecule has 3 aromatic rings. The number of aromatic hydroxyl groups is 1. The van der Waals surface area contributed by atoms with Crippen molar-refractivity contribution in [2.24, 2.45) is 5.92 Å². The van der Waals surface area contributed by atoms with E-state index in [0.29, 0.717) is 32.5 Å². The van der Waals surface area contributed by atoms with Gasteiger partial charge in [0.2, 0.25) is 0 Å². The number of hydrogen-bond donors (Lipinski definition) is 1. The zero-order chi connectivity index (χ0) is 28.3. The minimum absolute atomic E-state index is 0.115. The maximum atomic E-state index is 13.3. The molecule has 2 aromatic carbocycles. The number of cyclic esters (lactones) is 1. The van der Waals surface area contributed by atoms with Gasteiger partial charge in [-0.1, -0.05) is 73.5 Å². The van der Waals surface area contributed by atoms with Gasteiger partial charge in [0.15, 0.2) is 23.0 Å². The van der Waals surface area contributed by atoms with Crippen molar-refractivity contribution in [2.45, 2.75) is 70.6 Å². The topological polar surface area (TPSA) is 104 Å². The van der Waals surface area contributed by atoms with E-state index in [1.54, 1.807) is 0 Å². The molecule has 0 saturated carbocycles. The Morgan fingerprint density at radius 3 is 2.23 bits per heavy atom. The van der Waals surface area contributed by atoms with Crippen LogP contribution in [0.1, 0.15) is 60.6 Å². The molecule has 0 aliphatic carbocycles. The van der Waals surface area contributed by atoms with E-state index < -0.39 is 29.9 Å². The number of carbonyl (C=O) groups is 2. The van der Waals surface area contributed by atoms with Crippen molar-refractivity contribution in [1.29, 1.82) is 0 Å². The van der Waals surface area contributed by atoms with E-state index in [-0.39, 0.29) is 29.7 Å². The fraction of sp³-hybridized carbons (Fsp3) is 0.406. The molecule has 1 fully saturated rings. The smallest absolute Gasteiger partial charge is 0.309 e. The zero-order valence-electron chi connectivity index (χ0n) is 23.0. The summed E-state index contributed by atoms with van der Waals surface area (Å²) < 4.78 is 23.8. The van der Waals surface area contributed by atoms with E-state index >= 15 is 0 Å². The van der Waals surface area contributed by atoms with Crippen LogP contribution in [0.25, 0.3) is 0 Å². The molecule has 4 atom stereocenters. The zero-order valence-corrected chi connectivity index (χ0v) is 23.0. The molecule has 1 N–H and O–H groups in total. The molecule has 0 bridgehead atoms. The number of benzene rings is 2. The van der Waals surface area contributed by atoms with Crippen LogP contribution in [0.2, 0.25) is 0 Å². The first-order valence-electron chi connectivity index (χ1n) is 13.7. The van der Waals surface area contributed by atoms with Crippen molar-refractivity contribution in [3.05, 3.63) is 89.7 Å². The van der Waals surface area contributed by atoms with Crippen LogP contribution in [0, 0.1) is 5.92 Å². The lowest BCUT2D eigenvalue weighted by Gasteiger charge is -2.33. The second-order valence-corrected chi connectivity index (χ2v) is 10.1. The minimum atomic E-state index is -0.668. The molecular formula is C32H37NO7. The summed E-state index contributed by atoms with van der Waals surface area (Å²) >= 11 is 0. The van der Waals surface area contributed by atoms with Gasteiger partial charge in [0.25, 0.3) is 0 Å². The molecule has 0 unspecified atom stereocenters. The van der Waals surface area contributed by atoms with Gasteiger partial charge in [-0.25, -0.2) is 4.98 Å². The Kier molecular flexibility index (Phi) is 10.7. The Morgan fingerprint density at radius 1 is 0.950 bits per heavy atom. The summed E-state index contributed by atoms with van der Waals surface area (Å²) in [5.74, 6) is -1.76. The predicted molar refractivity (Wildman–Crippen MR) is 149 cm³/mol. The van der Waals surface area contributed by atoms with Gasteiger partial charge >= 0.3 is 5.97 Å². The molecule has 1 aromatic heterocycles. The van der Waals surface area contributed by atoms with Gasteiger partial charge in [0.05, 0.1) is 32.3 Å². The number of carbonyl (C=O) groups excluding carboxylic acids is 2. The minimum Gasteiger partial charge on any atom is -0.503 e. The molecule has 4 rings (SSSR count). The van der Waals surface area contributed by atoms with Crippen LogP contribution in [-0.2, 0) is 32.2 Å². The first kappa shape index (κ1) is 29.2. The van der Waals surface area contributed by atoms with E-state index in [9.17, 15) is 14.7 Å². The summed E-state index contributed by atoms with van der Waals surface area (Å²) in [5.41, 5.74) is 1.95. The van der Waals surface area contributed by atoms with E-state index in [1.165, 1.54) is 19.4 Å². The third-order valence-corrected chi connectivity index (χ3v) is 7.15. The summed E-state index contributed by atoms with van der Waals surface area (Å²) in [6, 6.07) is 21.2. The van der Waals surface area contributed by atoms with E-state index in [4.69, 9.17) is 18.9 Å². The Balaban J connectivity index is 1.49. The number of ether oxygens (including phenoxy) is 4. The Morgan fingerprint density at radius 2 is 1.57 bits per heavy atom. The van der Waals surface area contributed by atoms with Crippen LogP contribution in [0.15, 0.2) is 72.9 Å². The maximum absolute atomic E-state index is 13.3. The molecular weight excluding hydrogens is 510 g/mol. The van der Waals surface area contributed by atoms with E-state index in [0.717, 1.165) is 17.5 Å². The second-order valence-electron chi connectivity index (χ2n) is 10.1. The highest BCUT2D eigenvalue weighted by molar-refractivity contribution is 5.99. The van der Waals surface area contributed by atoms with Gasteiger partial charge in [-0.2, -0.15) is 0 Å². The first-order chi connectivity index (χ1) is 19.5. The van der Waals surface area contributed by atoms with E-state index in [2.05, 4.69) is 4.98 Å². The Labute approximate surface area is 235 Å². The van der Waals surface area contributed by atoms with Gasteiger partial charge < -0.3 is 24.1 Å². The fourth-order valence-corrected chi connectivity index (χ4v) is 4.94. The van der Waals surface area contributed by atoms with Crippen molar-refractivity contribution in [2.75, 3.05) is 7.11 Å². The molecule has 2 heterocycles. The van der Waals surface area contributed by atoms with Gasteiger partial charge in [-0.05, 0) is 30.9 Å². The second kappa shape index (κ2) is 14.6. The standard InChI is InChI=1S/C32H37NO7/c1-22-31(39-21-24-13-7-4-8-14-24)28(38-20-23-11-5-3-6-12-23)16-10-9-15-25(32(36)40-22)19-26(34)29-30(35)27(37-2)17-18-33-29/h3-8,11-14,17-18,22,25,28,31,35H,9-10,15-16,19-21H2,1-2H3/t22-,25+,28-,31-/m0/s1. The third kappa shape index (κ3) is 7.90. The van der Waals surface area contributed by atoms with Gasteiger partial charge in [-0.15, -0.1) is 0 Å².